The molecule has 0 saturated carbocycles. The lowest BCUT2D eigenvalue weighted by Crippen LogP contribution is -2.13. The van der Waals surface area contributed by atoms with Crippen LogP contribution in [-0.4, -0.2) is 10.8 Å². The monoisotopic (exact) mass is 427 g/mol. The molecule has 0 saturated heterocycles. The Kier molecular flexibility index (Phi) is 5.88. The maximum Gasteiger partial charge on any atom is 0.416 e. The molecule has 0 bridgehead atoms. The number of non-ortho nitro benzene ring substituents is 1. The average molecular weight is 427 g/mol. The van der Waals surface area contributed by atoms with Crippen molar-refractivity contribution in [2.75, 3.05) is 5.32 Å². The summed E-state index contributed by atoms with van der Waals surface area (Å²) in [6.07, 6.45) is -3.40. The summed E-state index contributed by atoms with van der Waals surface area (Å²) < 4.78 is 44.1. The molecular weight excluding hydrogens is 415 g/mol. The number of carbonyl (C=O) groups is 1. The number of nitrogens with one attached hydrogen (secondary N) is 1. The summed E-state index contributed by atoms with van der Waals surface area (Å²) in [5.74, 6) is -0.646. The highest BCUT2D eigenvalue weighted by Crippen LogP contribution is 2.33. The molecule has 3 rings (SSSR count). The van der Waals surface area contributed by atoms with Crippen LogP contribution in [0.3, 0.4) is 0 Å². The van der Waals surface area contributed by atoms with Gasteiger partial charge in [0.05, 0.1) is 10.5 Å². The molecule has 31 heavy (non-hydrogen) atoms. The van der Waals surface area contributed by atoms with Crippen molar-refractivity contribution in [1.29, 1.82) is 5.26 Å². The Hall–Kier alpha value is -4.39. The van der Waals surface area contributed by atoms with Gasteiger partial charge in [0.15, 0.2) is 0 Å². The molecule has 1 amide bonds. The number of nitro benzene ring substituents is 1. The van der Waals surface area contributed by atoms with E-state index in [0.717, 1.165) is 24.3 Å². The lowest BCUT2D eigenvalue weighted by atomic mass is 10.1. The second-order valence-corrected chi connectivity index (χ2v) is 6.21. The summed E-state index contributed by atoms with van der Waals surface area (Å²) in [5.41, 5.74) is -1.15. The fourth-order valence-electron chi connectivity index (χ4n) is 2.62. The number of hydrogen-bond acceptors (Lipinski definition) is 5. The zero-order chi connectivity index (χ0) is 22.6. The number of halogens is 3. The number of furan rings is 1. The van der Waals surface area contributed by atoms with Gasteiger partial charge in [0.1, 0.15) is 23.2 Å². The summed E-state index contributed by atoms with van der Waals surface area (Å²) in [6, 6.07) is 14.2. The number of alkyl halides is 3. The van der Waals surface area contributed by atoms with E-state index in [4.69, 9.17) is 4.42 Å². The van der Waals surface area contributed by atoms with Crippen molar-refractivity contribution in [3.05, 3.63) is 87.7 Å². The van der Waals surface area contributed by atoms with Crippen LogP contribution in [0.25, 0.3) is 17.4 Å². The van der Waals surface area contributed by atoms with Gasteiger partial charge < -0.3 is 9.73 Å². The molecule has 1 aromatic heterocycles. The van der Waals surface area contributed by atoms with E-state index in [-0.39, 0.29) is 34.0 Å². The second kappa shape index (κ2) is 8.54. The van der Waals surface area contributed by atoms with Crippen LogP contribution in [0.2, 0.25) is 0 Å². The van der Waals surface area contributed by atoms with Gasteiger partial charge in [-0.25, -0.2) is 0 Å². The van der Waals surface area contributed by atoms with Crippen molar-refractivity contribution in [3.8, 4) is 17.4 Å². The second-order valence-electron chi connectivity index (χ2n) is 6.21. The predicted octanol–water partition coefficient (Wildman–Crippen LogP) is 5.42. The quantitative estimate of drug-likeness (QED) is 0.253. The molecule has 0 atom stereocenters. The molecule has 3 aromatic rings. The normalized spacial score (nSPS) is 11.6. The summed E-state index contributed by atoms with van der Waals surface area (Å²) in [7, 11) is 0. The van der Waals surface area contributed by atoms with E-state index in [2.05, 4.69) is 5.32 Å². The van der Waals surface area contributed by atoms with Crippen LogP contribution in [0.4, 0.5) is 24.5 Å². The lowest BCUT2D eigenvalue weighted by Gasteiger charge is -2.07. The Morgan fingerprint density at radius 2 is 1.87 bits per heavy atom. The van der Waals surface area contributed by atoms with E-state index in [1.54, 1.807) is 6.07 Å². The minimum absolute atomic E-state index is 0.0677. The zero-order valence-corrected chi connectivity index (χ0v) is 15.5. The fourth-order valence-corrected chi connectivity index (χ4v) is 2.62. The molecule has 0 fully saturated rings. The number of hydrogen-bond donors (Lipinski definition) is 1. The molecule has 1 heterocycles. The molecule has 10 heteroatoms. The van der Waals surface area contributed by atoms with Gasteiger partial charge >= 0.3 is 6.18 Å². The Bertz CT molecular complexity index is 1220. The first-order valence-corrected chi connectivity index (χ1v) is 8.62. The number of nitrogens with zero attached hydrogens (tertiary/aromatic N) is 2. The third-order valence-electron chi connectivity index (χ3n) is 4.07. The molecule has 0 aliphatic rings. The van der Waals surface area contributed by atoms with Gasteiger partial charge in [0, 0.05) is 29.5 Å². The number of rotatable bonds is 5. The predicted molar refractivity (Wildman–Crippen MR) is 104 cm³/mol. The van der Waals surface area contributed by atoms with E-state index in [1.165, 1.54) is 42.5 Å². The SMILES string of the molecule is N#C/C(=C\c1ccc(-c2cccc(C(F)(F)F)c2)o1)C(=O)Nc1cccc([N+](=O)[O-])c1. The maximum absolute atomic E-state index is 12.9. The van der Waals surface area contributed by atoms with Crippen LogP contribution in [-0.2, 0) is 11.0 Å². The van der Waals surface area contributed by atoms with E-state index in [9.17, 15) is 33.3 Å². The van der Waals surface area contributed by atoms with Gasteiger partial charge in [0.2, 0.25) is 0 Å². The van der Waals surface area contributed by atoms with Crippen molar-refractivity contribution in [2.45, 2.75) is 6.18 Å². The van der Waals surface area contributed by atoms with Crippen molar-refractivity contribution in [2.24, 2.45) is 0 Å². The zero-order valence-electron chi connectivity index (χ0n) is 15.5. The minimum Gasteiger partial charge on any atom is -0.457 e. The highest BCUT2D eigenvalue weighted by atomic mass is 19.4. The molecule has 7 nitrogen and oxygen atoms in total. The van der Waals surface area contributed by atoms with Gasteiger partial charge in [-0.15, -0.1) is 0 Å². The first-order chi connectivity index (χ1) is 14.7. The molecule has 0 radical (unpaired) electrons. The largest absolute Gasteiger partial charge is 0.457 e. The van der Waals surface area contributed by atoms with Gasteiger partial charge in [-0.3, -0.25) is 14.9 Å². The van der Waals surface area contributed by atoms with E-state index < -0.39 is 22.6 Å². The third kappa shape index (κ3) is 5.16. The maximum atomic E-state index is 12.9. The summed E-state index contributed by atoms with van der Waals surface area (Å²) in [5, 5.41) is 22.5. The van der Waals surface area contributed by atoms with E-state index in [0.29, 0.717) is 0 Å². The molecule has 2 aromatic carbocycles. The molecule has 0 unspecified atom stereocenters. The Morgan fingerprint density at radius 1 is 1.13 bits per heavy atom. The van der Waals surface area contributed by atoms with Crippen LogP contribution in [0.5, 0.6) is 0 Å². The molecule has 0 spiro atoms. The van der Waals surface area contributed by atoms with Crippen molar-refractivity contribution >= 4 is 23.4 Å². The fraction of sp³-hybridized carbons (Fsp3) is 0.0476. The molecular formula is C21H12F3N3O4. The highest BCUT2D eigenvalue weighted by molar-refractivity contribution is 6.09. The van der Waals surface area contributed by atoms with Crippen molar-refractivity contribution in [1.82, 2.24) is 0 Å². The first-order valence-electron chi connectivity index (χ1n) is 8.62. The number of nitro groups is 1. The standard InChI is InChI=1S/C21H12F3N3O4/c22-21(23,24)15-4-1-3-13(9-15)19-8-7-18(31-19)10-14(12-25)20(28)26-16-5-2-6-17(11-16)27(29)30/h1-11H,(H,26,28)/b14-10+. The smallest absolute Gasteiger partial charge is 0.416 e. The van der Waals surface area contributed by atoms with Crippen molar-refractivity contribution < 1.29 is 27.3 Å². The number of nitriles is 1. The van der Waals surface area contributed by atoms with Crippen LogP contribution < -0.4 is 5.32 Å². The number of carbonyl (C=O) groups excluding carboxylic acids is 1. The van der Waals surface area contributed by atoms with E-state index >= 15 is 0 Å². The highest BCUT2D eigenvalue weighted by Gasteiger charge is 2.30. The molecule has 0 aliphatic heterocycles. The Labute approximate surface area is 173 Å². The minimum atomic E-state index is -4.51. The van der Waals surface area contributed by atoms with E-state index in [1.807, 2.05) is 0 Å². The van der Waals surface area contributed by atoms with Gasteiger partial charge in [0.25, 0.3) is 11.6 Å². The molecule has 1 N–H and O–H groups in total. The average Bonchev–Trinajstić information content (AvgIpc) is 3.20. The van der Waals surface area contributed by atoms with Crippen LogP contribution in [0.1, 0.15) is 11.3 Å². The summed E-state index contributed by atoms with van der Waals surface area (Å²) >= 11 is 0. The first kappa shape index (κ1) is 21.3. The summed E-state index contributed by atoms with van der Waals surface area (Å²) in [4.78, 5) is 22.5. The van der Waals surface area contributed by atoms with Gasteiger partial charge in [-0.1, -0.05) is 18.2 Å². The van der Waals surface area contributed by atoms with Gasteiger partial charge in [-0.05, 0) is 30.3 Å². The number of anilines is 1. The molecule has 0 aliphatic carbocycles. The van der Waals surface area contributed by atoms with Crippen LogP contribution in [0, 0.1) is 21.4 Å². The van der Waals surface area contributed by atoms with Crippen molar-refractivity contribution in [3.63, 3.8) is 0 Å². The Balaban J connectivity index is 1.82. The van der Waals surface area contributed by atoms with Gasteiger partial charge in [-0.2, -0.15) is 18.4 Å². The number of benzene rings is 2. The Morgan fingerprint density at radius 3 is 2.55 bits per heavy atom. The van der Waals surface area contributed by atoms with Crippen LogP contribution >= 0.6 is 0 Å². The topological polar surface area (TPSA) is 109 Å². The summed E-state index contributed by atoms with van der Waals surface area (Å²) in [6.45, 7) is 0. The molecule has 156 valence electrons. The number of amides is 1. The lowest BCUT2D eigenvalue weighted by molar-refractivity contribution is -0.384. The third-order valence-corrected chi connectivity index (χ3v) is 4.07. The van der Waals surface area contributed by atoms with Crippen LogP contribution in [0.15, 0.2) is 70.7 Å².